The molecule has 1 saturated carbocycles. The molecule has 7 nitrogen and oxygen atoms in total. The lowest BCUT2D eigenvalue weighted by molar-refractivity contribution is -0.145. The molecule has 0 aromatic carbocycles. The highest BCUT2D eigenvalue weighted by molar-refractivity contribution is 6.56. The van der Waals surface area contributed by atoms with Gasteiger partial charge in [-0.25, -0.2) is 0 Å². The third-order valence-corrected chi connectivity index (χ3v) is 4.68. The van der Waals surface area contributed by atoms with Gasteiger partial charge in [-0.05, 0) is 37.3 Å². The SMILES string of the molecule is N[C@@]1(C(=O)O)C[C@H]2CNC[C@H]2[C@@H]1CCC[B-](O)(O)O. The molecule has 0 aromatic heterocycles. The summed E-state index contributed by atoms with van der Waals surface area (Å²) in [6, 6.07) is 0. The van der Waals surface area contributed by atoms with Gasteiger partial charge in [0, 0.05) is 0 Å². The summed E-state index contributed by atoms with van der Waals surface area (Å²) in [5.41, 5.74) is 4.85. The summed E-state index contributed by atoms with van der Waals surface area (Å²) in [5.74, 6) is -0.679. The van der Waals surface area contributed by atoms with Gasteiger partial charge in [-0.1, -0.05) is 19.2 Å². The van der Waals surface area contributed by atoms with Crippen molar-refractivity contribution < 1.29 is 25.0 Å². The third-order valence-electron chi connectivity index (χ3n) is 4.68. The van der Waals surface area contributed by atoms with Gasteiger partial charge in [0.25, 0.3) is 0 Å². The fraction of sp³-hybridized carbons (Fsp3) is 0.909. The number of rotatable bonds is 5. The topological polar surface area (TPSA) is 136 Å². The number of nitrogens with one attached hydrogen (secondary N) is 1. The Hall–Kier alpha value is -0.665. The van der Waals surface area contributed by atoms with Crippen LogP contribution in [0.15, 0.2) is 0 Å². The second-order valence-corrected chi connectivity index (χ2v) is 6.06. The van der Waals surface area contributed by atoms with Crippen molar-refractivity contribution in [2.24, 2.45) is 23.5 Å². The highest BCUT2D eigenvalue weighted by Gasteiger charge is 2.56. The van der Waals surface area contributed by atoms with E-state index in [-0.39, 0.29) is 24.1 Å². The first-order valence-electron chi connectivity index (χ1n) is 6.80. The van der Waals surface area contributed by atoms with E-state index in [0.29, 0.717) is 19.3 Å². The first-order valence-corrected chi connectivity index (χ1v) is 6.80. The minimum atomic E-state index is -3.30. The Morgan fingerprint density at radius 2 is 2.05 bits per heavy atom. The van der Waals surface area contributed by atoms with Crippen molar-refractivity contribution in [2.45, 2.75) is 31.1 Å². The van der Waals surface area contributed by atoms with Crippen molar-refractivity contribution in [1.82, 2.24) is 5.32 Å². The normalized spacial score (nSPS) is 38.4. The van der Waals surface area contributed by atoms with Crippen LogP contribution in [0.25, 0.3) is 0 Å². The first kappa shape index (κ1) is 14.7. The van der Waals surface area contributed by atoms with Crippen LogP contribution in [0.1, 0.15) is 19.3 Å². The Bertz CT molecular complexity index is 361. The molecule has 1 aliphatic carbocycles. The van der Waals surface area contributed by atoms with Crippen LogP contribution in [0.4, 0.5) is 0 Å². The van der Waals surface area contributed by atoms with E-state index in [2.05, 4.69) is 5.32 Å². The number of carbonyl (C=O) groups is 1. The van der Waals surface area contributed by atoms with E-state index in [1.165, 1.54) is 0 Å². The monoisotopic (exact) mass is 273 g/mol. The molecule has 0 radical (unpaired) electrons. The van der Waals surface area contributed by atoms with Crippen LogP contribution in [-0.2, 0) is 4.79 Å². The molecule has 1 saturated heterocycles. The summed E-state index contributed by atoms with van der Waals surface area (Å²) in [7, 11) is 0. The van der Waals surface area contributed by atoms with Crippen LogP contribution >= 0.6 is 0 Å². The highest BCUT2D eigenvalue weighted by Crippen LogP contribution is 2.47. The predicted octanol–water partition coefficient (Wildman–Crippen LogP) is -1.68. The van der Waals surface area contributed by atoms with Gasteiger partial charge < -0.3 is 31.2 Å². The molecule has 4 atom stereocenters. The quantitative estimate of drug-likeness (QED) is 0.329. The summed E-state index contributed by atoms with van der Waals surface area (Å²) in [6.07, 6.45) is 1.15. The Balaban J connectivity index is 2.03. The molecule has 1 heterocycles. The molecule has 0 aromatic rings. The molecule has 19 heavy (non-hydrogen) atoms. The number of aliphatic carboxylic acids is 1. The maximum absolute atomic E-state index is 11.4. The van der Waals surface area contributed by atoms with Gasteiger partial charge in [0.2, 0.25) is 0 Å². The number of carboxylic acid groups (broad SMARTS) is 1. The van der Waals surface area contributed by atoms with Crippen molar-refractivity contribution in [3.8, 4) is 0 Å². The van der Waals surface area contributed by atoms with E-state index in [0.717, 1.165) is 13.1 Å². The van der Waals surface area contributed by atoms with Crippen LogP contribution in [0, 0.1) is 17.8 Å². The van der Waals surface area contributed by atoms with E-state index in [1.54, 1.807) is 0 Å². The van der Waals surface area contributed by atoms with E-state index >= 15 is 0 Å². The first-order chi connectivity index (χ1) is 8.74. The minimum absolute atomic E-state index is 0.142. The van der Waals surface area contributed by atoms with Crippen LogP contribution < -0.4 is 11.1 Å². The van der Waals surface area contributed by atoms with Crippen LogP contribution in [-0.4, -0.2) is 51.5 Å². The molecule has 1 aliphatic heterocycles. The lowest BCUT2D eigenvalue weighted by Crippen LogP contribution is -2.53. The van der Waals surface area contributed by atoms with E-state index in [4.69, 9.17) is 20.8 Å². The van der Waals surface area contributed by atoms with Crippen molar-refractivity contribution in [3.63, 3.8) is 0 Å². The average Bonchev–Trinajstić information content (AvgIpc) is 2.78. The smallest absolute Gasteiger partial charge is 0.371 e. The van der Waals surface area contributed by atoms with Gasteiger partial charge in [-0.15, -0.1) is 0 Å². The highest BCUT2D eigenvalue weighted by atomic mass is 16.5. The summed E-state index contributed by atoms with van der Waals surface area (Å²) >= 11 is 0. The van der Waals surface area contributed by atoms with E-state index in [9.17, 15) is 9.90 Å². The van der Waals surface area contributed by atoms with Crippen LogP contribution in [0.5, 0.6) is 0 Å². The number of carboxylic acids is 1. The zero-order valence-corrected chi connectivity index (χ0v) is 10.8. The molecular weight excluding hydrogens is 251 g/mol. The molecule has 2 rings (SSSR count). The molecule has 7 N–H and O–H groups in total. The van der Waals surface area contributed by atoms with Gasteiger partial charge >= 0.3 is 12.7 Å². The molecule has 2 fully saturated rings. The minimum Gasteiger partial charge on any atom is -0.560 e. The fourth-order valence-corrected chi connectivity index (χ4v) is 3.74. The molecule has 110 valence electrons. The molecule has 0 spiro atoms. The molecule has 2 aliphatic rings. The third kappa shape index (κ3) is 2.92. The number of hydrogen-bond acceptors (Lipinski definition) is 6. The van der Waals surface area contributed by atoms with Gasteiger partial charge in [0.1, 0.15) is 5.54 Å². The van der Waals surface area contributed by atoms with E-state index in [1.807, 2.05) is 0 Å². The molecular formula is C11H22BN2O5-. The molecule has 0 unspecified atom stereocenters. The Labute approximate surface area is 111 Å². The zero-order valence-electron chi connectivity index (χ0n) is 10.8. The maximum Gasteiger partial charge on any atom is 0.371 e. The second kappa shape index (κ2) is 5.03. The average molecular weight is 273 g/mol. The van der Waals surface area contributed by atoms with Gasteiger partial charge in [0.15, 0.2) is 0 Å². The Morgan fingerprint density at radius 1 is 1.37 bits per heavy atom. The van der Waals surface area contributed by atoms with Crippen molar-refractivity contribution in [3.05, 3.63) is 0 Å². The maximum atomic E-state index is 11.4. The number of nitrogens with two attached hydrogens (primary N) is 1. The summed E-state index contributed by atoms with van der Waals surface area (Å²) in [5, 5.41) is 39.4. The summed E-state index contributed by atoms with van der Waals surface area (Å²) < 4.78 is 0. The standard InChI is InChI=1S/C11H22BN2O5/c13-11(10(15)16)4-7-5-14-6-8(7)9(11)2-1-3-12(17,18)19/h7-9,14,17-19H,1-6,13H2,(H,15,16)/q-1/t7-,8+,9-,11-/m0/s1. The Kier molecular flexibility index (Phi) is 3.90. The van der Waals surface area contributed by atoms with Crippen LogP contribution in [0.3, 0.4) is 0 Å². The lowest BCUT2D eigenvalue weighted by atomic mass is 9.71. The Morgan fingerprint density at radius 3 is 2.63 bits per heavy atom. The summed E-state index contributed by atoms with van der Waals surface area (Å²) in [6.45, 7) is -1.74. The van der Waals surface area contributed by atoms with E-state index < -0.39 is 18.3 Å². The lowest BCUT2D eigenvalue weighted by Gasteiger charge is -2.31. The zero-order chi connectivity index (χ0) is 14.3. The van der Waals surface area contributed by atoms with Gasteiger partial charge in [-0.2, -0.15) is 0 Å². The van der Waals surface area contributed by atoms with Gasteiger partial charge in [-0.3, -0.25) is 4.79 Å². The molecule has 0 bridgehead atoms. The van der Waals surface area contributed by atoms with Crippen molar-refractivity contribution in [1.29, 1.82) is 0 Å². The largest absolute Gasteiger partial charge is 0.560 e. The van der Waals surface area contributed by atoms with Gasteiger partial charge in [0.05, 0.1) is 0 Å². The molecule has 8 heteroatoms. The number of hydrogen-bond donors (Lipinski definition) is 6. The van der Waals surface area contributed by atoms with Crippen molar-refractivity contribution >= 4 is 12.7 Å². The van der Waals surface area contributed by atoms with Crippen LogP contribution in [0.2, 0.25) is 6.32 Å². The molecule has 0 amide bonds. The number of fused-ring (bicyclic) bond motifs is 1. The fourth-order valence-electron chi connectivity index (χ4n) is 3.74. The second-order valence-electron chi connectivity index (χ2n) is 6.06. The predicted molar refractivity (Wildman–Crippen MR) is 69.0 cm³/mol. The summed E-state index contributed by atoms with van der Waals surface area (Å²) in [4.78, 5) is 11.4. The van der Waals surface area contributed by atoms with Crippen molar-refractivity contribution in [2.75, 3.05) is 13.1 Å².